The number of aromatic hydroxyl groups is 1. The topological polar surface area (TPSA) is 69.6 Å². The largest absolute Gasteiger partial charge is 0.503 e. The summed E-state index contributed by atoms with van der Waals surface area (Å²) < 4.78 is 4.51. The zero-order valence-corrected chi connectivity index (χ0v) is 3.96. The van der Waals surface area contributed by atoms with Crippen molar-refractivity contribution in [3.05, 3.63) is 12.3 Å². The van der Waals surface area contributed by atoms with E-state index in [1.54, 1.807) is 0 Å². The summed E-state index contributed by atoms with van der Waals surface area (Å²) in [7, 11) is 0. The first kappa shape index (κ1) is 4.83. The Labute approximate surface area is 45.3 Å². The van der Waals surface area contributed by atoms with Gasteiger partial charge in [0, 0.05) is 6.07 Å². The van der Waals surface area contributed by atoms with E-state index in [-0.39, 0.29) is 11.6 Å². The van der Waals surface area contributed by atoms with Gasteiger partial charge in [-0.2, -0.15) is 0 Å². The molecule has 2 N–H and O–H groups in total. The first-order chi connectivity index (χ1) is 3.84. The van der Waals surface area contributed by atoms with Gasteiger partial charge in [0.2, 0.25) is 0 Å². The van der Waals surface area contributed by atoms with Crippen LogP contribution in [0.3, 0.4) is 0 Å². The third-order valence-corrected chi connectivity index (χ3v) is 0.726. The van der Waals surface area contributed by atoms with Crippen molar-refractivity contribution in [3.63, 3.8) is 0 Å². The molecule has 0 saturated heterocycles. The molecule has 1 heterocycles. The molecule has 0 unspecified atom stereocenters. The lowest BCUT2D eigenvalue weighted by molar-refractivity contribution is 0.461. The van der Waals surface area contributed by atoms with Crippen molar-refractivity contribution < 1.29 is 9.52 Å². The maximum Gasteiger partial charge on any atom is 0.280 e. The molecule has 42 valence electrons. The second kappa shape index (κ2) is 1.65. The van der Waals surface area contributed by atoms with Crippen LogP contribution in [0.2, 0.25) is 0 Å². The molecule has 0 atom stereocenters. The lowest BCUT2D eigenvalue weighted by Gasteiger charge is -1.79. The first-order valence-electron chi connectivity index (χ1n) is 1.98. The van der Waals surface area contributed by atoms with E-state index in [1.807, 2.05) is 0 Å². The van der Waals surface area contributed by atoms with Crippen molar-refractivity contribution >= 4 is 5.88 Å². The van der Waals surface area contributed by atoms with Crippen LogP contribution >= 0.6 is 0 Å². The summed E-state index contributed by atoms with van der Waals surface area (Å²) in [6.45, 7) is 0. The standard InChI is InChI=1S/C4H4N2O2/c5-6-4-3(7)1-2-8-4/h1-2,5,7H. The summed E-state index contributed by atoms with van der Waals surface area (Å²) in [5.41, 5.74) is 6.37. The minimum Gasteiger partial charge on any atom is -0.503 e. The Kier molecular flexibility index (Phi) is 0.997. The van der Waals surface area contributed by atoms with Gasteiger partial charge in [0.1, 0.15) is 0 Å². The van der Waals surface area contributed by atoms with Crippen LogP contribution in [0.25, 0.3) is 0 Å². The number of nitrogens with zero attached hydrogens (tertiary/aromatic N) is 1. The van der Waals surface area contributed by atoms with E-state index in [2.05, 4.69) is 9.53 Å². The maximum absolute atomic E-state index is 8.64. The smallest absolute Gasteiger partial charge is 0.280 e. The van der Waals surface area contributed by atoms with Gasteiger partial charge in [-0.15, -0.1) is 5.11 Å². The van der Waals surface area contributed by atoms with E-state index in [0.717, 1.165) is 0 Å². The SMILES string of the molecule is N=Nc1occc1O. The molecular weight excluding hydrogens is 108 g/mol. The minimum absolute atomic E-state index is 0.0509. The highest BCUT2D eigenvalue weighted by Crippen LogP contribution is 2.25. The van der Waals surface area contributed by atoms with E-state index in [4.69, 9.17) is 10.6 Å². The van der Waals surface area contributed by atoms with E-state index in [1.165, 1.54) is 12.3 Å². The molecule has 1 aromatic rings. The van der Waals surface area contributed by atoms with Gasteiger partial charge in [-0.1, -0.05) is 0 Å². The summed E-state index contributed by atoms with van der Waals surface area (Å²) in [6.07, 6.45) is 1.27. The Morgan fingerprint density at radius 3 is 2.75 bits per heavy atom. The van der Waals surface area contributed by atoms with Gasteiger partial charge in [0.25, 0.3) is 5.88 Å². The molecule has 4 nitrogen and oxygen atoms in total. The molecule has 0 amide bonds. The molecule has 0 bridgehead atoms. The molecule has 0 spiro atoms. The monoisotopic (exact) mass is 112 g/mol. The van der Waals surface area contributed by atoms with Gasteiger partial charge in [-0.3, -0.25) is 0 Å². The molecular formula is C4H4N2O2. The molecule has 0 aromatic carbocycles. The second-order valence-electron chi connectivity index (χ2n) is 1.22. The highest BCUT2D eigenvalue weighted by molar-refractivity contribution is 5.38. The molecule has 0 aliphatic heterocycles. The van der Waals surface area contributed by atoms with E-state index < -0.39 is 0 Å². The third kappa shape index (κ3) is 0.556. The number of hydrogen-bond acceptors (Lipinski definition) is 4. The van der Waals surface area contributed by atoms with E-state index in [9.17, 15) is 0 Å². The van der Waals surface area contributed by atoms with Crippen molar-refractivity contribution in [2.75, 3.05) is 0 Å². The van der Waals surface area contributed by atoms with Crippen LogP contribution in [0.1, 0.15) is 0 Å². The van der Waals surface area contributed by atoms with Crippen LogP contribution in [0, 0.1) is 5.53 Å². The highest BCUT2D eigenvalue weighted by atomic mass is 16.4. The first-order valence-corrected chi connectivity index (χ1v) is 1.98. The highest BCUT2D eigenvalue weighted by Gasteiger charge is 1.98. The van der Waals surface area contributed by atoms with Crippen molar-refractivity contribution in [2.45, 2.75) is 0 Å². The van der Waals surface area contributed by atoms with Gasteiger partial charge in [-0.05, 0) is 0 Å². The van der Waals surface area contributed by atoms with Gasteiger partial charge in [0.15, 0.2) is 5.75 Å². The third-order valence-electron chi connectivity index (χ3n) is 0.726. The minimum atomic E-state index is -0.0972. The normalized spacial score (nSPS) is 9.00. The lowest BCUT2D eigenvalue weighted by Crippen LogP contribution is -1.50. The van der Waals surface area contributed by atoms with Crippen LogP contribution in [0.4, 0.5) is 5.88 Å². The Balaban J connectivity index is 3.09. The number of nitrogens with one attached hydrogen (secondary N) is 1. The molecule has 0 radical (unpaired) electrons. The molecule has 0 aliphatic carbocycles. The predicted octanol–water partition coefficient (Wildman–Crippen LogP) is 1.65. The number of rotatable bonds is 1. The zero-order valence-electron chi connectivity index (χ0n) is 3.96. The lowest BCUT2D eigenvalue weighted by atomic mass is 10.6. The maximum atomic E-state index is 8.64. The summed E-state index contributed by atoms with van der Waals surface area (Å²) in [5, 5.41) is 11.5. The quantitative estimate of drug-likeness (QED) is 0.542. The van der Waals surface area contributed by atoms with E-state index in [0.29, 0.717) is 0 Å². The summed E-state index contributed by atoms with van der Waals surface area (Å²) >= 11 is 0. The fourth-order valence-electron chi connectivity index (χ4n) is 0.378. The average molecular weight is 112 g/mol. The van der Waals surface area contributed by atoms with Gasteiger partial charge in [0.05, 0.1) is 6.26 Å². The Morgan fingerprint density at radius 2 is 2.50 bits per heavy atom. The van der Waals surface area contributed by atoms with Crippen LogP contribution in [0.15, 0.2) is 21.9 Å². The van der Waals surface area contributed by atoms with Gasteiger partial charge in [-0.25, -0.2) is 5.53 Å². The van der Waals surface area contributed by atoms with Crippen molar-refractivity contribution in [1.29, 1.82) is 5.53 Å². The summed E-state index contributed by atoms with van der Waals surface area (Å²) in [4.78, 5) is 0. The Morgan fingerprint density at radius 1 is 1.75 bits per heavy atom. The summed E-state index contributed by atoms with van der Waals surface area (Å²) in [5.74, 6) is -0.148. The van der Waals surface area contributed by atoms with Crippen molar-refractivity contribution in [2.24, 2.45) is 5.11 Å². The molecule has 0 aliphatic rings. The van der Waals surface area contributed by atoms with Crippen LogP contribution in [0.5, 0.6) is 5.75 Å². The predicted molar refractivity (Wildman–Crippen MR) is 25.2 cm³/mol. The molecule has 4 heteroatoms. The second-order valence-corrected chi connectivity index (χ2v) is 1.22. The molecule has 0 fully saturated rings. The number of furan rings is 1. The van der Waals surface area contributed by atoms with Crippen LogP contribution < -0.4 is 0 Å². The van der Waals surface area contributed by atoms with Gasteiger partial charge < -0.3 is 9.52 Å². The van der Waals surface area contributed by atoms with Crippen LogP contribution in [-0.2, 0) is 0 Å². The fraction of sp³-hybridized carbons (Fsp3) is 0. The zero-order chi connectivity index (χ0) is 5.98. The summed E-state index contributed by atoms with van der Waals surface area (Å²) in [6, 6.07) is 1.33. The molecule has 1 aromatic heterocycles. The molecule has 0 saturated carbocycles. The Bertz CT molecular complexity index is 194. The molecule has 8 heavy (non-hydrogen) atoms. The van der Waals surface area contributed by atoms with Crippen LogP contribution in [-0.4, -0.2) is 5.11 Å². The van der Waals surface area contributed by atoms with E-state index >= 15 is 0 Å². The average Bonchev–Trinajstić information content (AvgIpc) is 2.14. The van der Waals surface area contributed by atoms with Crippen molar-refractivity contribution in [1.82, 2.24) is 0 Å². The molecule has 1 rings (SSSR count). The Hall–Kier alpha value is -1.32. The van der Waals surface area contributed by atoms with Gasteiger partial charge >= 0.3 is 0 Å². The number of hydrogen-bond donors (Lipinski definition) is 2. The van der Waals surface area contributed by atoms with Crippen molar-refractivity contribution in [3.8, 4) is 5.75 Å². The fourth-order valence-corrected chi connectivity index (χ4v) is 0.378.